The van der Waals surface area contributed by atoms with Gasteiger partial charge < -0.3 is 72.1 Å². The van der Waals surface area contributed by atoms with Gasteiger partial charge in [0.05, 0.1) is 67.8 Å². The number of esters is 1. The van der Waals surface area contributed by atoms with Crippen LogP contribution in [-0.4, -0.2) is 189 Å². The van der Waals surface area contributed by atoms with Crippen LogP contribution in [0.3, 0.4) is 0 Å². The zero-order valence-electron chi connectivity index (χ0n) is 61.1. The van der Waals surface area contributed by atoms with Gasteiger partial charge in [-0.15, -0.1) is 0 Å². The quantitative estimate of drug-likeness (QED) is 0.0113. The van der Waals surface area contributed by atoms with Crippen LogP contribution >= 0.6 is 0 Å². The molecule has 33 nitrogen and oxygen atoms in total. The number of pyridine rings is 2. The molecule has 0 spiro atoms. The summed E-state index contributed by atoms with van der Waals surface area (Å²) in [6, 6.07) is 17.6. The highest BCUT2D eigenvalue weighted by Crippen LogP contribution is 2.47. The fraction of sp³-hybridized carbons (Fsp3) is 0.423. The van der Waals surface area contributed by atoms with Crippen molar-refractivity contribution >= 4 is 99.6 Å². The summed E-state index contributed by atoms with van der Waals surface area (Å²) < 4.78 is 28.2. The number of carbonyl (C=O) groups is 15. The number of amides is 13. The average Bonchev–Trinajstić information content (AvgIpc) is 1.51. The number of nitrogens with one attached hydrogen (secondary N) is 9. The van der Waals surface area contributed by atoms with Crippen LogP contribution in [0.25, 0.3) is 22.3 Å². The van der Waals surface area contributed by atoms with Crippen LogP contribution in [0.4, 0.5) is 4.39 Å². The monoisotopic (exact) mass is 1550 g/mol. The minimum absolute atomic E-state index is 0. The second-order valence-electron chi connectivity index (χ2n) is 27.5. The fourth-order valence-corrected chi connectivity index (χ4v) is 13.5. The predicted octanol–water partition coefficient (Wildman–Crippen LogP) is 0.967. The number of hydrogen-bond acceptors (Lipinski definition) is 20. The van der Waals surface area contributed by atoms with E-state index in [-0.39, 0.29) is 106 Å². The average molecular weight is 1550 g/mol. The normalized spacial score (nSPS) is 16.9. The topological polar surface area (TPSA) is 465 Å². The van der Waals surface area contributed by atoms with E-state index in [0.717, 1.165) is 20.9 Å². The van der Waals surface area contributed by atoms with Crippen LogP contribution in [0.15, 0.2) is 102 Å². The van der Waals surface area contributed by atoms with Gasteiger partial charge in [0.25, 0.3) is 35.1 Å². The summed E-state index contributed by atoms with van der Waals surface area (Å²) in [6.07, 6.45) is 9.96. The molecule has 6 heterocycles. The van der Waals surface area contributed by atoms with E-state index in [1.54, 1.807) is 80.6 Å². The lowest BCUT2D eigenvalue weighted by molar-refractivity contribution is -0.172. The first-order valence-electron chi connectivity index (χ1n) is 36.5. The first-order chi connectivity index (χ1) is 53.2. The number of unbranched alkanes of at least 4 members (excludes halogenated alkanes) is 4. The number of ether oxygens (including phenoxy) is 2. The number of carboxylic acids is 1. The molecule has 13 amide bonds. The zero-order chi connectivity index (χ0) is 79.7. The number of aromatic nitrogens is 2. The Kier molecular flexibility index (Phi) is 28.4. The Labute approximate surface area is 642 Å². The highest BCUT2D eigenvalue weighted by atomic mass is 19.1. The van der Waals surface area contributed by atoms with Crippen molar-refractivity contribution in [2.24, 2.45) is 0 Å². The van der Waals surface area contributed by atoms with E-state index in [9.17, 15) is 86.9 Å². The SMILES string of the molecule is C.CC[C@@]1(O)C(=O)OCc2c1cc1n(c2=O)Cc2c-1nc1cc(F)c(C)c3c1c2[C@@H](NC(=O)C1(OCNC(=O)CNC(=O)[C@H](Cc2ccccc2)NC(=O)CNC(=O)CNC(=O)CCCCCN2C(=O)C=CC2=O)CC1)CC3.O=C(CCCCCN1C(=O)C=CC1=O)NCC(=O)NCC(=O)N[C@@H](Cc1ccccc1)C(=O)O. The number of rotatable bonds is 36. The lowest BCUT2D eigenvalue weighted by Crippen LogP contribution is -2.52. The lowest BCUT2D eigenvalue weighted by atomic mass is 9.81. The largest absolute Gasteiger partial charge is 0.480 e. The molecule has 5 aromatic rings. The summed E-state index contributed by atoms with van der Waals surface area (Å²) in [5.74, 6) is -9.10. The molecule has 4 atom stereocenters. The number of fused-ring (bicyclic) bond motifs is 5. The third kappa shape index (κ3) is 20.8. The summed E-state index contributed by atoms with van der Waals surface area (Å²) in [4.78, 5) is 206. The maximum atomic E-state index is 15.5. The molecule has 34 heteroatoms. The van der Waals surface area contributed by atoms with Gasteiger partial charge in [0.2, 0.25) is 47.3 Å². The molecule has 2 aromatic heterocycles. The molecule has 0 bridgehead atoms. The van der Waals surface area contributed by atoms with Gasteiger partial charge in [0.15, 0.2) is 5.60 Å². The number of carbonyl (C=O) groups excluding carboxylic acids is 14. The summed E-state index contributed by atoms with van der Waals surface area (Å²) >= 11 is 0. The van der Waals surface area contributed by atoms with E-state index < -0.39 is 133 Å². The highest BCUT2D eigenvalue weighted by Gasteiger charge is 2.53. The molecular weight excluding hydrogens is 1460 g/mol. The molecule has 2 aliphatic carbocycles. The number of imide groups is 2. The standard InChI is InChI=1S/C54H58FN9O13.C23H28N4O7.CH4/c1-3-54(75)34-21-39-48-32(26-64(39)50(72)33(34)27-76-52(54)74)47-36(14-13-31-29(2)35(55)22-37(61-48)46(31)47)62-51(73)53(17-18-53)77-28-59-42(67)24-58-49(71)38(20-30-10-6-4-7-11-30)60-43(68)25-57-41(66)23-56-40(65)12-8-5-9-19-63-44(69)15-16-45(63)70;28-18(9-5-2-6-12-27-21(31)10-11-22(27)32)24-14-19(29)25-15-20(30)26-17(23(33)34)13-16-7-3-1-4-8-16;/h4,6-7,10-11,15-16,21-22,36,38,75H,3,5,8-9,12-14,17-20,23-28H2,1-2H3,(H,56,65)(H,57,66)(H,58,71)(H,59,67)(H,60,68)(H,62,73);1,3-4,7-8,10-11,17H,2,5-6,9,12-15H2,(H,24,28)(H,25,29)(H,26,30)(H,33,34);1H4/t36-,38-,54-;17-;/m00./s1. The number of carboxylic acid groups (broad SMARTS) is 1. The van der Waals surface area contributed by atoms with E-state index in [4.69, 9.17) is 14.5 Å². The first kappa shape index (κ1) is 83.8. The molecule has 0 saturated heterocycles. The van der Waals surface area contributed by atoms with Gasteiger partial charge in [-0.05, 0) is 98.6 Å². The molecule has 1 saturated carbocycles. The van der Waals surface area contributed by atoms with Crippen molar-refractivity contribution < 1.29 is 96.0 Å². The van der Waals surface area contributed by atoms with Gasteiger partial charge in [-0.2, -0.15) is 0 Å². The maximum Gasteiger partial charge on any atom is 0.343 e. The molecule has 11 rings (SSSR count). The van der Waals surface area contributed by atoms with Crippen LogP contribution in [0.1, 0.15) is 142 Å². The highest BCUT2D eigenvalue weighted by molar-refractivity contribution is 6.13. The van der Waals surface area contributed by atoms with Crippen molar-refractivity contribution in [3.05, 3.63) is 158 Å². The van der Waals surface area contributed by atoms with Gasteiger partial charge in [-0.25, -0.2) is 19.0 Å². The van der Waals surface area contributed by atoms with Crippen LogP contribution in [-0.2, 0) is 119 Å². The Balaban J connectivity index is 0.000000345. The predicted molar refractivity (Wildman–Crippen MR) is 397 cm³/mol. The Hall–Kier alpha value is -12.2. The third-order valence-electron chi connectivity index (χ3n) is 19.8. The maximum absolute atomic E-state index is 15.5. The van der Waals surface area contributed by atoms with Crippen molar-refractivity contribution in [2.45, 2.75) is 160 Å². The number of benzene rings is 3. The van der Waals surface area contributed by atoms with Crippen molar-refractivity contribution in [3.8, 4) is 11.4 Å². The zero-order valence-corrected chi connectivity index (χ0v) is 61.1. The third-order valence-corrected chi connectivity index (χ3v) is 19.8. The number of aliphatic hydroxyl groups is 1. The summed E-state index contributed by atoms with van der Waals surface area (Å²) in [6.45, 7) is 0.996. The number of aryl methyl sites for hydroxylation is 1. The lowest BCUT2D eigenvalue weighted by Gasteiger charge is -2.31. The van der Waals surface area contributed by atoms with E-state index in [1.165, 1.54) is 34.9 Å². The summed E-state index contributed by atoms with van der Waals surface area (Å²) in [5.41, 5.74) is 1.38. The number of halogens is 1. The van der Waals surface area contributed by atoms with E-state index in [2.05, 4.69) is 47.9 Å². The second-order valence-corrected chi connectivity index (χ2v) is 27.5. The van der Waals surface area contributed by atoms with Gasteiger partial charge in [0.1, 0.15) is 36.8 Å². The number of cyclic esters (lactones) is 1. The molecule has 1 fully saturated rings. The number of aliphatic carboxylic acids is 1. The van der Waals surface area contributed by atoms with Crippen LogP contribution in [0.2, 0.25) is 0 Å². The first-order valence-corrected chi connectivity index (χ1v) is 36.5. The number of hydrogen-bond donors (Lipinski definition) is 11. The molecule has 594 valence electrons. The van der Waals surface area contributed by atoms with E-state index in [1.807, 2.05) is 0 Å². The van der Waals surface area contributed by atoms with Crippen LogP contribution < -0.4 is 53.4 Å². The smallest absolute Gasteiger partial charge is 0.343 e. The Morgan fingerprint density at radius 2 is 1.12 bits per heavy atom. The van der Waals surface area contributed by atoms with Gasteiger partial charge in [-0.1, -0.05) is 87.9 Å². The molecule has 0 radical (unpaired) electrons. The van der Waals surface area contributed by atoms with Crippen LogP contribution in [0, 0.1) is 12.7 Å². The Bertz CT molecular complexity index is 4620. The summed E-state index contributed by atoms with van der Waals surface area (Å²) in [5, 5.41) is 44.2. The van der Waals surface area contributed by atoms with Gasteiger partial charge in [-0.3, -0.25) is 76.9 Å². The molecule has 112 heavy (non-hydrogen) atoms. The molecule has 0 unspecified atom stereocenters. The van der Waals surface area contributed by atoms with Crippen molar-refractivity contribution in [3.63, 3.8) is 0 Å². The van der Waals surface area contributed by atoms with Crippen LogP contribution in [0.5, 0.6) is 0 Å². The van der Waals surface area contributed by atoms with E-state index >= 15 is 4.39 Å². The summed E-state index contributed by atoms with van der Waals surface area (Å²) in [7, 11) is 0. The van der Waals surface area contributed by atoms with Crippen molar-refractivity contribution in [2.75, 3.05) is 52.5 Å². The molecule has 11 N–H and O–H groups in total. The molecule has 4 aliphatic heterocycles. The molecule has 6 aliphatic rings. The van der Waals surface area contributed by atoms with Gasteiger partial charge >= 0.3 is 11.9 Å². The molecular formula is C78H90FN13O20. The van der Waals surface area contributed by atoms with Crippen molar-refractivity contribution in [1.29, 1.82) is 0 Å². The van der Waals surface area contributed by atoms with Gasteiger partial charge in [0, 0.05) is 85.7 Å². The fourth-order valence-electron chi connectivity index (χ4n) is 13.5. The minimum Gasteiger partial charge on any atom is -0.480 e. The minimum atomic E-state index is -2.05. The van der Waals surface area contributed by atoms with Crippen molar-refractivity contribution in [1.82, 2.24) is 67.2 Å². The van der Waals surface area contributed by atoms with E-state index in [0.29, 0.717) is 115 Å². The molecule has 3 aromatic carbocycles. The number of nitrogens with zero attached hydrogens (tertiary/aromatic N) is 4. The second kappa shape index (κ2) is 38.0. The Morgan fingerprint density at radius 1 is 0.625 bits per heavy atom. The Morgan fingerprint density at radius 3 is 1.65 bits per heavy atom.